The van der Waals surface area contributed by atoms with Gasteiger partial charge in [-0.15, -0.1) is 5.11 Å². The van der Waals surface area contributed by atoms with Gasteiger partial charge >= 0.3 is 0 Å². The van der Waals surface area contributed by atoms with Crippen LogP contribution in [-0.2, 0) is 12.8 Å². The summed E-state index contributed by atoms with van der Waals surface area (Å²) in [5.41, 5.74) is 10.8. The number of para-hydroxylation sites is 1. The number of hydrogen-bond donors (Lipinski definition) is 2. The molecule has 0 spiro atoms. The van der Waals surface area contributed by atoms with Crippen molar-refractivity contribution < 1.29 is 5.11 Å². The molecule has 3 N–H and O–H groups in total. The van der Waals surface area contributed by atoms with Crippen molar-refractivity contribution in [2.45, 2.75) is 52.4 Å². The van der Waals surface area contributed by atoms with Crippen LogP contribution in [0, 0.1) is 0 Å². The second-order valence-corrected chi connectivity index (χ2v) is 6.07. The van der Waals surface area contributed by atoms with E-state index in [4.69, 9.17) is 5.73 Å². The van der Waals surface area contributed by atoms with E-state index < -0.39 is 0 Å². The minimum absolute atomic E-state index is 0.133. The Morgan fingerprint density at radius 3 is 2.04 bits per heavy atom. The molecule has 0 aromatic heterocycles. The fourth-order valence-electron chi connectivity index (χ4n) is 2.63. The summed E-state index contributed by atoms with van der Waals surface area (Å²) in [7, 11) is 0. The lowest BCUT2D eigenvalue weighted by Crippen LogP contribution is -2.00. The Hall–Kier alpha value is -2.36. The molecule has 128 valence electrons. The minimum atomic E-state index is 0.133. The highest BCUT2D eigenvalue weighted by Crippen LogP contribution is 2.31. The van der Waals surface area contributed by atoms with Gasteiger partial charge in [0.25, 0.3) is 0 Å². The third kappa shape index (κ3) is 4.82. The third-order valence-electron chi connectivity index (χ3n) is 4.09. The van der Waals surface area contributed by atoms with Crippen molar-refractivity contribution >= 4 is 17.1 Å². The van der Waals surface area contributed by atoms with Gasteiger partial charge in [-0.25, -0.2) is 0 Å². The second kappa shape index (κ2) is 9.06. The van der Waals surface area contributed by atoms with Crippen LogP contribution in [0.3, 0.4) is 0 Å². The number of phenolic OH excluding ortho intramolecular Hbond substituents is 1. The number of nitrogens with zero attached hydrogens (tertiary/aromatic N) is 2. The highest BCUT2D eigenvalue weighted by molar-refractivity contribution is 5.61. The fourth-order valence-corrected chi connectivity index (χ4v) is 2.63. The van der Waals surface area contributed by atoms with E-state index in [9.17, 15) is 5.11 Å². The monoisotopic (exact) mass is 325 g/mol. The molecule has 0 saturated carbocycles. The van der Waals surface area contributed by atoms with Gasteiger partial charge in [-0.2, -0.15) is 5.11 Å². The first-order valence-electron chi connectivity index (χ1n) is 8.76. The fraction of sp³-hybridized carbons (Fsp3) is 0.400. The van der Waals surface area contributed by atoms with Crippen LogP contribution in [0.5, 0.6) is 5.75 Å². The van der Waals surface area contributed by atoms with Crippen molar-refractivity contribution in [3.63, 3.8) is 0 Å². The van der Waals surface area contributed by atoms with Crippen molar-refractivity contribution in [3.8, 4) is 5.75 Å². The smallest absolute Gasteiger partial charge is 0.143 e. The van der Waals surface area contributed by atoms with Crippen LogP contribution < -0.4 is 5.73 Å². The molecule has 2 rings (SSSR count). The van der Waals surface area contributed by atoms with E-state index in [-0.39, 0.29) is 5.75 Å². The van der Waals surface area contributed by atoms with Crippen molar-refractivity contribution in [2.24, 2.45) is 10.2 Å². The minimum Gasteiger partial charge on any atom is -0.506 e. The quantitative estimate of drug-likeness (QED) is 0.456. The van der Waals surface area contributed by atoms with Gasteiger partial charge in [0.1, 0.15) is 11.4 Å². The Kier molecular flexibility index (Phi) is 6.79. The molecule has 0 radical (unpaired) electrons. The molecule has 4 heteroatoms. The van der Waals surface area contributed by atoms with Crippen molar-refractivity contribution in [2.75, 3.05) is 5.73 Å². The van der Waals surface area contributed by atoms with E-state index in [0.717, 1.165) is 61.0 Å². The predicted molar refractivity (Wildman–Crippen MR) is 100 cm³/mol. The van der Waals surface area contributed by atoms with Gasteiger partial charge in [-0.1, -0.05) is 38.8 Å². The maximum Gasteiger partial charge on any atom is 0.143 e. The van der Waals surface area contributed by atoms with Crippen molar-refractivity contribution in [3.05, 3.63) is 47.5 Å². The number of unbranched alkanes of at least 4 members (excludes halogenated alkanes) is 2. The SMILES string of the molecule is CCCCc1cc(N=Nc2ccccc2O)cc(CCCC)c1N. The number of nitrogens with two attached hydrogens (primary N) is 1. The van der Waals surface area contributed by atoms with Crippen LogP contribution in [0.15, 0.2) is 46.6 Å². The molecule has 0 amide bonds. The molecule has 0 unspecified atom stereocenters. The lowest BCUT2D eigenvalue weighted by atomic mass is 9.98. The molecular formula is C20H27N3O. The van der Waals surface area contributed by atoms with Gasteiger partial charge in [0.15, 0.2) is 0 Å². The highest BCUT2D eigenvalue weighted by atomic mass is 16.3. The van der Waals surface area contributed by atoms with Gasteiger partial charge in [0, 0.05) is 5.69 Å². The average molecular weight is 325 g/mol. The summed E-state index contributed by atoms with van der Waals surface area (Å²) in [6.07, 6.45) is 6.40. The third-order valence-corrected chi connectivity index (χ3v) is 4.09. The van der Waals surface area contributed by atoms with Crippen molar-refractivity contribution in [1.29, 1.82) is 0 Å². The zero-order valence-electron chi connectivity index (χ0n) is 14.6. The van der Waals surface area contributed by atoms with Gasteiger partial charge in [0.05, 0.1) is 5.69 Å². The molecule has 0 aliphatic rings. The number of benzene rings is 2. The normalized spacial score (nSPS) is 11.2. The average Bonchev–Trinajstić information content (AvgIpc) is 2.59. The van der Waals surface area contributed by atoms with Gasteiger partial charge in [-0.05, 0) is 61.1 Å². The van der Waals surface area contributed by atoms with Gasteiger partial charge in [0.2, 0.25) is 0 Å². The van der Waals surface area contributed by atoms with Crippen LogP contribution in [0.2, 0.25) is 0 Å². The molecule has 2 aromatic rings. The molecule has 4 nitrogen and oxygen atoms in total. The van der Waals surface area contributed by atoms with E-state index in [0.29, 0.717) is 5.69 Å². The molecular weight excluding hydrogens is 298 g/mol. The van der Waals surface area contributed by atoms with E-state index in [1.54, 1.807) is 18.2 Å². The molecule has 0 bridgehead atoms. The summed E-state index contributed by atoms with van der Waals surface area (Å²) in [5, 5.41) is 18.3. The van der Waals surface area contributed by atoms with Crippen LogP contribution in [0.4, 0.5) is 17.1 Å². The van der Waals surface area contributed by atoms with Gasteiger partial charge in [-0.3, -0.25) is 0 Å². The Labute approximate surface area is 144 Å². The number of phenols is 1. The van der Waals surface area contributed by atoms with Crippen LogP contribution >= 0.6 is 0 Å². The number of rotatable bonds is 8. The first kappa shape index (κ1) is 18.0. The van der Waals surface area contributed by atoms with E-state index in [2.05, 4.69) is 24.1 Å². The number of aryl methyl sites for hydroxylation is 2. The first-order valence-corrected chi connectivity index (χ1v) is 8.76. The van der Waals surface area contributed by atoms with Gasteiger partial charge < -0.3 is 10.8 Å². The van der Waals surface area contributed by atoms with Crippen molar-refractivity contribution in [1.82, 2.24) is 0 Å². The molecule has 24 heavy (non-hydrogen) atoms. The Bertz CT molecular complexity index is 666. The number of anilines is 1. The lowest BCUT2D eigenvalue weighted by molar-refractivity contribution is 0.476. The largest absolute Gasteiger partial charge is 0.506 e. The van der Waals surface area contributed by atoms with E-state index >= 15 is 0 Å². The number of nitrogen functional groups attached to an aromatic ring is 1. The summed E-state index contributed by atoms with van der Waals surface area (Å²) in [4.78, 5) is 0. The second-order valence-electron chi connectivity index (χ2n) is 6.07. The van der Waals surface area contributed by atoms with E-state index in [1.165, 1.54) is 0 Å². The Balaban J connectivity index is 2.32. The molecule has 0 fully saturated rings. The summed E-state index contributed by atoms with van der Waals surface area (Å²) in [6, 6.07) is 11.0. The zero-order chi connectivity index (χ0) is 17.4. The summed E-state index contributed by atoms with van der Waals surface area (Å²) >= 11 is 0. The van der Waals surface area contributed by atoms with E-state index in [1.807, 2.05) is 18.2 Å². The first-order chi connectivity index (χ1) is 11.7. The molecule has 0 saturated heterocycles. The standard InChI is InChI=1S/C20H27N3O/c1-3-5-9-15-13-17(14-16(20(15)21)10-6-4-2)22-23-18-11-7-8-12-19(18)24/h7-8,11-14,24H,3-6,9-10,21H2,1-2H3. The molecule has 2 aromatic carbocycles. The Morgan fingerprint density at radius 1 is 0.917 bits per heavy atom. The topological polar surface area (TPSA) is 71.0 Å². The number of azo groups is 1. The molecule has 0 atom stereocenters. The van der Waals surface area contributed by atoms with Crippen LogP contribution in [0.25, 0.3) is 0 Å². The number of aromatic hydroxyl groups is 1. The summed E-state index contributed by atoms with van der Waals surface area (Å²) in [6.45, 7) is 4.35. The molecule has 0 aliphatic heterocycles. The van der Waals surface area contributed by atoms with Crippen LogP contribution in [0.1, 0.15) is 50.7 Å². The highest BCUT2D eigenvalue weighted by Gasteiger charge is 2.08. The predicted octanol–water partition coefficient (Wildman–Crippen LogP) is 6.08. The summed E-state index contributed by atoms with van der Waals surface area (Å²) in [5.74, 6) is 0.133. The lowest BCUT2D eigenvalue weighted by Gasteiger charge is -2.12. The molecule has 0 aliphatic carbocycles. The maximum absolute atomic E-state index is 9.80. The number of hydrogen-bond acceptors (Lipinski definition) is 4. The zero-order valence-corrected chi connectivity index (χ0v) is 14.6. The maximum atomic E-state index is 9.80. The summed E-state index contributed by atoms with van der Waals surface area (Å²) < 4.78 is 0. The Morgan fingerprint density at radius 2 is 1.50 bits per heavy atom. The van der Waals surface area contributed by atoms with Crippen LogP contribution in [-0.4, -0.2) is 5.11 Å². The molecule has 0 heterocycles.